The topological polar surface area (TPSA) is 34.9 Å². The highest BCUT2D eigenvalue weighted by Gasteiger charge is 2.15. The van der Waals surface area contributed by atoms with E-state index >= 15 is 0 Å². The van der Waals surface area contributed by atoms with E-state index in [1.54, 1.807) is 6.07 Å². The van der Waals surface area contributed by atoms with E-state index in [1.807, 2.05) is 16.9 Å². The molecule has 0 spiro atoms. The molecule has 5 heteroatoms. The molecule has 21 heavy (non-hydrogen) atoms. The van der Waals surface area contributed by atoms with E-state index < -0.39 is 5.82 Å². The molecule has 3 nitrogen and oxygen atoms in total. The van der Waals surface area contributed by atoms with Crippen LogP contribution in [0.5, 0.6) is 0 Å². The van der Waals surface area contributed by atoms with Crippen LogP contribution < -0.4 is 0 Å². The van der Waals surface area contributed by atoms with Gasteiger partial charge in [-0.05, 0) is 37.1 Å². The summed E-state index contributed by atoms with van der Waals surface area (Å²) in [5, 5.41) is 4.43. The largest absolute Gasteiger partial charge is 0.294 e. The zero-order chi connectivity index (χ0) is 15.4. The van der Waals surface area contributed by atoms with Crippen molar-refractivity contribution in [3.63, 3.8) is 0 Å². The third-order valence-corrected chi connectivity index (χ3v) is 4.04. The summed E-state index contributed by atoms with van der Waals surface area (Å²) in [6, 6.07) is 6.55. The second-order valence-electron chi connectivity index (χ2n) is 4.98. The minimum atomic E-state index is -0.498. The molecule has 0 aliphatic carbocycles. The molecule has 112 valence electrons. The van der Waals surface area contributed by atoms with Crippen LogP contribution in [0.15, 0.2) is 34.9 Å². The first-order valence-corrected chi connectivity index (χ1v) is 7.86. The maximum absolute atomic E-state index is 13.7. The van der Waals surface area contributed by atoms with Crippen molar-refractivity contribution in [2.75, 3.05) is 0 Å². The number of Topliss-reactive ketones (excluding diaryl/α,β-unsaturated/α-hetero) is 1. The number of ketones is 1. The lowest BCUT2D eigenvalue weighted by Gasteiger charge is -2.12. The summed E-state index contributed by atoms with van der Waals surface area (Å²) < 4.78 is 16.3. The van der Waals surface area contributed by atoms with Crippen molar-refractivity contribution in [2.24, 2.45) is 0 Å². The number of carbonyl (C=O) groups is 1. The monoisotopic (exact) mass is 352 g/mol. The number of nitrogens with zero attached hydrogens (tertiary/aromatic N) is 2. The Hall–Kier alpha value is -1.49. The minimum absolute atomic E-state index is 0.0986. The predicted molar refractivity (Wildman–Crippen MR) is 84.0 cm³/mol. The Labute approximate surface area is 132 Å². The van der Waals surface area contributed by atoms with Crippen molar-refractivity contribution in [3.05, 3.63) is 52.0 Å². The SMILES string of the molecule is CCC(CC)n1ccc(CC(=O)c2cc(Br)ccc2F)n1. The van der Waals surface area contributed by atoms with Gasteiger partial charge in [-0.15, -0.1) is 0 Å². The molecule has 1 heterocycles. The lowest BCUT2D eigenvalue weighted by molar-refractivity contribution is 0.0987. The van der Waals surface area contributed by atoms with Crippen LogP contribution in [0.25, 0.3) is 0 Å². The average molecular weight is 353 g/mol. The number of hydrogen-bond donors (Lipinski definition) is 0. The summed E-state index contributed by atoms with van der Waals surface area (Å²) in [5.74, 6) is -0.758. The molecule has 0 N–H and O–H groups in total. The standard InChI is InChI=1S/C16H18BrFN2O/c1-3-13(4-2)20-8-7-12(19-20)10-16(21)14-9-11(17)5-6-15(14)18/h5-9,13H,3-4,10H2,1-2H3. The molecule has 0 radical (unpaired) electrons. The molecule has 0 bridgehead atoms. The smallest absolute Gasteiger partial charge is 0.171 e. The van der Waals surface area contributed by atoms with E-state index in [0.717, 1.165) is 12.8 Å². The van der Waals surface area contributed by atoms with Gasteiger partial charge in [-0.3, -0.25) is 9.48 Å². The average Bonchev–Trinajstić information content (AvgIpc) is 2.91. The summed E-state index contributed by atoms with van der Waals surface area (Å²) in [5.41, 5.74) is 0.771. The van der Waals surface area contributed by atoms with Crippen molar-refractivity contribution in [1.82, 2.24) is 9.78 Å². The highest BCUT2D eigenvalue weighted by molar-refractivity contribution is 9.10. The summed E-state index contributed by atoms with van der Waals surface area (Å²) >= 11 is 3.25. The van der Waals surface area contributed by atoms with Crippen molar-refractivity contribution in [3.8, 4) is 0 Å². The first-order chi connectivity index (χ1) is 10.0. The fourth-order valence-electron chi connectivity index (χ4n) is 2.31. The van der Waals surface area contributed by atoms with Crippen molar-refractivity contribution in [2.45, 2.75) is 39.2 Å². The maximum Gasteiger partial charge on any atom is 0.171 e. The van der Waals surface area contributed by atoms with E-state index in [2.05, 4.69) is 34.9 Å². The number of rotatable bonds is 6. The molecular weight excluding hydrogens is 335 g/mol. The Morgan fingerprint density at radius 2 is 2.05 bits per heavy atom. The molecule has 1 aromatic carbocycles. The van der Waals surface area contributed by atoms with Crippen LogP contribution in [0, 0.1) is 5.82 Å². The molecule has 0 unspecified atom stereocenters. The van der Waals surface area contributed by atoms with Crippen molar-refractivity contribution >= 4 is 21.7 Å². The van der Waals surface area contributed by atoms with Gasteiger partial charge in [0.15, 0.2) is 5.78 Å². The number of aromatic nitrogens is 2. The summed E-state index contributed by atoms with van der Waals surface area (Å²) in [4.78, 5) is 12.2. The molecule has 0 fully saturated rings. The Morgan fingerprint density at radius 3 is 2.71 bits per heavy atom. The van der Waals surface area contributed by atoms with Crippen LogP contribution in [-0.2, 0) is 6.42 Å². The third kappa shape index (κ3) is 3.79. The van der Waals surface area contributed by atoms with Crippen LogP contribution in [0.1, 0.15) is 48.8 Å². The van der Waals surface area contributed by atoms with Gasteiger partial charge in [-0.2, -0.15) is 5.10 Å². The molecule has 0 atom stereocenters. The second kappa shape index (κ2) is 6.98. The van der Waals surface area contributed by atoms with E-state index in [0.29, 0.717) is 16.2 Å². The van der Waals surface area contributed by atoms with Crippen molar-refractivity contribution in [1.29, 1.82) is 0 Å². The molecule has 0 aliphatic heterocycles. The van der Waals surface area contributed by atoms with Crippen LogP contribution in [0.2, 0.25) is 0 Å². The summed E-state index contributed by atoms with van der Waals surface area (Å²) in [6.07, 6.45) is 3.98. The third-order valence-electron chi connectivity index (χ3n) is 3.55. The first-order valence-electron chi connectivity index (χ1n) is 7.07. The van der Waals surface area contributed by atoms with Gasteiger partial charge < -0.3 is 0 Å². The molecule has 2 rings (SSSR count). The van der Waals surface area contributed by atoms with E-state index in [4.69, 9.17) is 0 Å². The Morgan fingerprint density at radius 1 is 1.33 bits per heavy atom. The van der Waals surface area contributed by atoms with Gasteiger partial charge in [-0.25, -0.2) is 4.39 Å². The normalized spacial score (nSPS) is 11.1. The zero-order valence-electron chi connectivity index (χ0n) is 12.1. The van der Waals surface area contributed by atoms with Crippen molar-refractivity contribution < 1.29 is 9.18 Å². The number of halogens is 2. The molecule has 0 saturated heterocycles. The molecule has 0 aliphatic rings. The predicted octanol–water partition coefficient (Wildman–Crippen LogP) is 4.57. The van der Waals surface area contributed by atoms with E-state index in [9.17, 15) is 9.18 Å². The number of benzene rings is 1. The summed E-state index contributed by atoms with van der Waals surface area (Å²) in [7, 11) is 0. The van der Waals surface area contributed by atoms with Crippen LogP contribution in [0.4, 0.5) is 4.39 Å². The fraction of sp³-hybridized carbons (Fsp3) is 0.375. The Balaban J connectivity index is 2.15. The van der Waals surface area contributed by atoms with Gasteiger partial charge in [0, 0.05) is 10.7 Å². The van der Waals surface area contributed by atoms with E-state index in [-0.39, 0.29) is 17.8 Å². The highest BCUT2D eigenvalue weighted by atomic mass is 79.9. The van der Waals surface area contributed by atoms with Gasteiger partial charge in [0.05, 0.1) is 23.7 Å². The van der Waals surface area contributed by atoms with Crippen LogP contribution in [-0.4, -0.2) is 15.6 Å². The van der Waals surface area contributed by atoms with Gasteiger partial charge in [0.2, 0.25) is 0 Å². The zero-order valence-corrected chi connectivity index (χ0v) is 13.7. The Kier molecular flexibility index (Phi) is 5.28. The number of carbonyl (C=O) groups excluding carboxylic acids is 1. The van der Waals surface area contributed by atoms with Gasteiger partial charge in [-0.1, -0.05) is 29.8 Å². The maximum atomic E-state index is 13.7. The second-order valence-corrected chi connectivity index (χ2v) is 5.90. The molecule has 0 amide bonds. The lowest BCUT2D eigenvalue weighted by atomic mass is 10.1. The molecular formula is C16H18BrFN2O. The van der Waals surface area contributed by atoms with Crippen LogP contribution in [0.3, 0.4) is 0 Å². The highest BCUT2D eigenvalue weighted by Crippen LogP contribution is 2.18. The van der Waals surface area contributed by atoms with Gasteiger partial charge in [0.1, 0.15) is 5.82 Å². The van der Waals surface area contributed by atoms with E-state index in [1.165, 1.54) is 12.1 Å². The van der Waals surface area contributed by atoms with Gasteiger partial charge >= 0.3 is 0 Å². The van der Waals surface area contributed by atoms with Gasteiger partial charge in [0.25, 0.3) is 0 Å². The lowest BCUT2D eigenvalue weighted by Crippen LogP contribution is -2.10. The Bertz CT molecular complexity index is 635. The molecule has 2 aromatic rings. The minimum Gasteiger partial charge on any atom is -0.294 e. The summed E-state index contributed by atoms with van der Waals surface area (Å²) in [6.45, 7) is 4.22. The number of hydrogen-bond acceptors (Lipinski definition) is 2. The quantitative estimate of drug-likeness (QED) is 0.713. The molecule has 0 saturated carbocycles. The fourth-order valence-corrected chi connectivity index (χ4v) is 2.67. The molecule has 1 aromatic heterocycles. The first kappa shape index (κ1) is 15.9. The van der Waals surface area contributed by atoms with Crippen LogP contribution >= 0.6 is 15.9 Å².